The molecule has 0 bridgehead atoms. The Labute approximate surface area is 178 Å². The first-order chi connectivity index (χ1) is 14.5. The van der Waals surface area contributed by atoms with E-state index in [0.29, 0.717) is 26.2 Å². The van der Waals surface area contributed by atoms with Gasteiger partial charge in [0, 0.05) is 38.6 Å². The summed E-state index contributed by atoms with van der Waals surface area (Å²) >= 11 is 0. The van der Waals surface area contributed by atoms with Gasteiger partial charge in [0.25, 0.3) is 0 Å². The number of piperidine rings is 1. The summed E-state index contributed by atoms with van der Waals surface area (Å²) in [6.45, 7) is 2.23. The predicted molar refractivity (Wildman–Crippen MR) is 103 cm³/mol. The lowest BCUT2D eigenvalue weighted by molar-refractivity contribution is -0.192. The number of hydrogen-bond acceptors (Lipinski definition) is 5. The maximum absolute atomic E-state index is 13.0. The zero-order chi connectivity index (χ0) is 22.9. The number of aromatic nitrogens is 1. The minimum atomic E-state index is -5.08. The van der Waals surface area contributed by atoms with Crippen LogP contribution in [0.5, 0.6) is 0 Å². The summed E-state index contributed by atoms with van der Waals surface area (Å²) in [5.74, 6) is -2.64. The molecule has 0 radical (unpaired) electrons. The first-order valence-corrected chi connectivity index (χ1v) is 11.4. The molecule has 4 rings (SSSR count). The molecule has 3 fully saturated rings. The van der Waals surface area contributed by atoms with Gasteiger partial charge in [0.05, 0.1) is 10.7 Å². The molecular weight excluding hydrogens is 439 g/mol. The minimum absolute atomic E-state index is 0.120. The van der Waals surface area contributed by atoms with E-state index in [-0.39, 0.29) is 11.2 Å². The van der Waals surface area contributed by atoms with Gasteiger partial charge in [-0.3, -0.25) is 9.78 Å². The fraction of sp³-hybridized carbons (Fsp3) is 0.632. The maximum atomic E-state index is 13.0. The van der Waals surface area contributed by atoms with Crippen molar-refractivity contribution in [2.45, 2.75) is 50.1 Å². The first kappa shape index (κ1) is 23.5. The molecule has 1 unspecified atom stereocenters. The molecule has 3 aliphatic rings. The van der Waals surface area contributed by atoms with Crippen molar-refractivity contribution in [3.63, 3.8) is 0 Å². The Balaban J connectivity index is 0.000000339. The van der Waals surface area contributed by atoms with Crippen LogP contribution in [0.15, 0.2) is 24.5 Å². The lowest BCUT2D eigenvalue weighted by atomic mass is 9.79. The summed E-state index contributed by atoms with van der Waals surface area (Å²) in [6, 6.07) is 3.84. The number of carboxylic acids is 1. The summed E-state index contributed by atoms with van der Waals surface area (Å²) < 4.78 is 58.5. The van der Waals surface area contributed by atoms with Crippen LogP contribution in [0.25, 0.3) is 0 Å². The Morgan fingerprint density at radius 3 is 2.35 bits per heavy atom. The number of carbonyl (C=O) groups excluding carboxylic acids is 1. The van der Waals surface area contributed by atoms with Crippen LogP contribution in [-0.4, -0.2) is 70.7 Å². The van der Waals surface area contributed by atoms with E-state index in [1.165, 1.54) is 0 Å². The minimum Gasteiger partial charge on any atom is -0.475 e. The second kappa shape index (κ2) is 8.73. The highest BCUT2D eigenvalue weighted by Crippen LogP contribution is 2.43. The van der Waals surface area contributed by atoms with E-state index >= 15 is 0 Å². The Kier molecular flexibility index (Phi) is 6.61. The first-order valence-electron chi connectivity index (χ1n) is 9.93. The Morgan fingerprint density at radius 1 is 1.19 bits per heavy atom. The lowest BCUT2D eigenvalue weighted by Crippen LogP contribution is -2.50. The SMILES string of the molecule is O=C(O)C(F)(F)F.O=C1N(Cc2ccncc2)CCC12CCCN(S(=O)(=O)C1CC1)C2. The molecular formula is C19H24F3N3O5S. The van der Waals surface area contributed by atoms with E-state index < -0.39 is 27.6 Å². The molecule has 1 atom stereocenters. The number of carbonyl (C=O) groups is 2. The summed E-state index contributed by atoms with van der Waals surface area (Å²) in [4.78, 5) is 27.8. The largest absolute Gasteiger partial charge is 0.490 e. The average molecular weight is 463 g/mol. The van der Waals surface area contributed by atoms with Crippen LogP contribution in [0.1, 0.15) is 37.7 Å². The second-order valence-electron chi connectivity index (χ2n) is 8.10. The molecule has 1 saturated carbocycles. The smallest absolute Gasteiger partial charge is 0.475 e. The quantitative estimate of drug-likeness (QED) is 0.732. The molecule has 3 heterocycles. The van der Waals surface area contributed by atoms with Crippen molar-refractivity contribution in [2.24, 2.45) is 5.41 Å². The van der Waals surface area contributed by atoms with Gasteiger partial charge in [0.15, 0.2) is 0 Å². The summed E-state index contributed by atoms with van der Waals surface area (Å²) in [7, 11) is -3.20. The normalized spacial score (nSPS) is 24.7. The number of alkyl halides is 3. The fourth-order valence-corrected chi connectivity index (χ4v) is 5.98. The lowest BCUT2D eigenvalue weighted by Gasteiger charge is -2.38. The molecule has 1 aromatic rings. The van der Waals surface area contributed by atoms with Crippen molar-refractivity contribution >= 4 is 21.9 Å². The van der Waals surface area contributed by atoms with E-state index in [2.05, 4.69) is 4.98 Å². The van der Waals surface area contributed by atoms with E-state index in [1.807, 2.05) is 17.0 Å². The molecule has 1 aromatic heterocycles. The van der Waals surface area contributed by atoms with Crippen molar-refractivity contribution < 1.29 is 36.3 Å². The number of halogens is 3. The zero-order valence-electron chi connectivity index (χ0n) is 16.7. The van der Waals surface area contributed by atoms with Crippen LogP contribution in [-0.2, 0) is 26.2 Å². The van der Waals surface area contributed by atoms with Gasteiger partial charge in [0.2, 0.25) is 15.9 Å². The number of sulfonamides is 1. The molecule has 2 saturated heterocycles. The van der Waals surface area contributed by atoms with Crippen LogP contribution >= 0.6 is 0 Å². The van der Waals surface area contributed by atoms with Gasteiger partial charge in [0.1, 0.15) is 0 Å². The highest BCUT2D eigenvalue weighted by atomic mass is 32.2. The molecule has 1 aliphatic carbocycles. The van der Waals surface area contributed by atoms with Gasteiger partial charge < -0.3 is 10.0 Å². The molecule has 12 heteroatoms. The highest BCUT2D eigenvalue weighted by molar-refractivity contribution is 7.90. The monoisotopic (exact) mass is 463 g/mol. The zero-order valence-corrected chi connectivity index (χ0v) is 17.5. The summed E-state index contributed by atoms with van der Waals surface area (Å²) in [6.07, 6.45) is 2.26. The third-order valence-electron chi connectivity index (χ3n) is 5.81. The predicted octanol–water partition coefficient (Wildman–Crippen LogP) is 2.02. The van der Waals surface area contributed by atoms with E-state index in [0.717, 1.165) is 37.7 Å². The van der Waals surface area contributed by atoms with Crippen molar-refractivity contribution in [1.29, 1.82) is 0 Å². The van der Waals surface area contributed by atoms with E-state index in [9.17, 15) is 26.4 Å². The summed E-state index contributed by atoms with van der Waals surface area (Å²) in [5.41, 5.74) is 0.557. The van der Waals surface area contributed by atoms with Crippen molar-refractivity contribution in [3.8, 4) is 0 Å². The van der Waals surface area contributed by atoms with Crippen LogP contribution < -0.4 is 0 Å². The molecule has 172 valence electrons. The third-order valence-corrected chi connectivity index (χ3v) is 8.16. The highest BCUT2D eigenvalue weighted by Gasteiger charge is 2.52. The molecule has 1 spiro atoms. The Morgan fingerprint density at radius 2 is 1.81 bits per heavy atom. The number of rotatable bonds is 4. The van der Waals surface area contributed by atoms with Crippen LogP contribution in [0.4, 0.5) is 13.2 Å². The number of nitrogens with zero attached hydrogens (tertiary/aromatic N) is 3. The number of amides is 1. The van der Waals surface area contributed by atoms with Gasteiger partial charge >= 0.3 is 12.1 Å². The second-order valence-corrected chi connectivity index (χ2v) is 10.3. The number of pyridine rings is 1. The number of carboxylic acid groups (broad SMARTS) is 1. The topological polar surface area (TPSA) is 108 Å². The molecule has 2 aliphatic heterocycles. The van der Waals surface area contributed by atoms with Gasteiger partial charge in [-0.1, -0.05) is 0 Å². The van der Waals surface area contributed by atoms with Crippen molar-refractivity contribution in [1.82, 2.24) is 14.2 Å². The molecule has 8 nitrogen and oxygen atoms in total. The number of likely N-dealkylation sites (tertiary alicyclic amines) is 1. The number of aliphatic carboxylic acids is 1. The van der Waals surface area contributed by atoms with Crippen molar-refractivity contribution in [3.05, 3.63) is 30.1 Å². The molecule has 1 N–H and O–H groups in total. The van der Waals surface area contributed by atoms with Crippen LogP contribution in [0.3, 0.4) is 0 Å². The van der Waals surface area contributed by atoms with Gasteiger partial charge in [-0.15, -0.1) is 0 Å². The molecule has 0 aromatic carbocycles. The molecule has 1 amide bonds. The van der Waals surface area contributed by atoms with Gasteiger partial charge in [-0.25, -0.2) is 17.5 Å². The van der Waals surface area contributed by atoms with Gasteiger partial charge in [-0.2, -0.15) is 13.2 Å². The van der Waals surface area contributed by atoms with E-state index in [4.69, 9.17) is 9.90 Å². The Bertz CT molecular complexity index is 921. The van der Waals surface area contributed by atoms with Crippen molar-refractivity contribution in [2.75, 3.05) is 19.6 Å². The fourth-order valence-electron chi connectivity index (χ4n) is 4.01. The third kappa shape index (κ3) is 5.35. The number of hydrogen-bond donors (Lipinski definition) is 1. The maximum Gasteiger partial charge on any atom is 0.490 e. The van der Waals surface area contributed by atoms with Crippen LogP contribution in [0.2, 0.25) is 0 Å². The molecule has 31 heavy (non-hydrogen) atoms. The Hall–Kier alpha value is -2.21. The summed E-state index contributed by atoms with van der Waals surface area (Å²) in [5, 5.41) is 6.93. The average Bonchev–Trinajstić information content (AvgIpc) is 3.53. The van der Waals surface area contributed by atoms with Crippen LogP contribution in [0, 0.1) is 5.41 Å². The van der Waals surface area contributed by atoms with E-state index in [1.54, 1.807) is 16.7 Å². The van der Waals surface area contributed by atoms with Gasteiger partial charge in [-0.05, 0) is 49.8 Å². The standard InChI is InChI=1S/C17H23N3O3S.C2HF3O2/c21-16-17(7-11-19(16)12-14-4-8-18-9-5-14)6-1-10-20(13-17)24(22,23)15-2-3-15;3-2(4,5)1(6)7/h4-5,8-9,15H,1-3,6-7,10-13H2;(H,6,7).